The van der Waals surface area contributed by atoms with Gasteiger partial charge in [-0.15, -0.1) is 0 Å². The van der Waals surface area contributed by atoms with E-state index in [4.69, 9.17) is 0 Å². The van der Waals surface area contributed by atoms with Crippen LogP contribution in [0.5, 0.6) is 0 Å². The van der Waals surface area contributed by atoms with Gasteiger partial charge in [0.1, 0.15) is 12.6 Å². The van der Waals surface area contributed by atoms with E-state index in [-0.39, 0.29) is 30.4 Å². The van der Waals surface area contributed by atoms with E-state index in [2.05, 4.69) is 19.2 Å². The van der Waals surface area contributed by atoms with E-state index in [1.807, 2.05) is 23.8 Å². The van der Waals surface area contributed by atoms with Gasteiger partial charge in [0.25, 0.3) is 0 Å². The van der Waals surface area contributed by atoms with Gasteiger partial charge in [-0.1, -0.05) is 13.8 Å². The van der Waals surface area contributed by atoms with Crippen molar-refractivity contribution in [2.45, 2.75) is 39.3 Å². The van der Waals surface area contributed by atoms with Crippen molar-refractivity contribution in [3.05, 3.63) is 22.4 Å². The van der Waals surface area contributed by atoms with Crippen LogP contribution < -0.4 is 5.32 Å². The van der Waals surface area contributed by atoms with Crippen molar-refractivity contribution >= 4 is 23.2 Å². The normalized spacial score (nSPS) is 21.7. The van der Waals surface area contributed by atoms with E-state index in [9.17, 15) is 9.59 Å². The number of hydrogen-bond donors (Lipinski definition) is 1. The minimum atomic E-state index is -0.373. The molecule has 5 heteroatoms. The van der Waals surface area contributed by atoms with Crippen LogP contribution in [0.15, 0.2) is 16.8 Å². The molecule has 1 aliphatic rings. The van der Waals surface area contributed by atoms with Crippen LogP contribution in [-0.4, -0.2) is 29.3 Å². The summed E-state index contributed by atoms with van der Waals surface area (Å²) in [5.41, 5.74) is 1.09. The predicted octanol–water partition coefficient (Wildman–Crippen LogP) is 2.18. The van der Waals surface area contributed by atoms with Crippen LogP contribution in [0.25, 0.3) is 0 Å². The first-order chi connectivity index (χ1) is 8.99. The zero-order chi connectivity index (χ0) is 14.0. The van der Waals surface area contributed by atoms with Crippen LogP contribution in [-0.2, 0) is 9.59 Å². The quantitative estimate of drug-likeness (QED) is 0.919. The van der Waals surface area contributed by atoms with Gasteiger partial charge < -0.3 is 10.2 Å². The molecule has 0 bridgehead atoms. The summed E-state index contributed by atoms with van der Waals surface area (Å²) in [6, 6.07) is 1.59. The lowest BCUT2D eigenvalue weighted by molar-refractivity contribution is -0.146. The summed E-state index contributed by atoms with van der Waals surface area (Å²) in [7, 11) is 0. The second kappa shape index (κ2) is 5.74. The fourth-order valence-electron chi connectivity index (χ4n) is 2.39. The highest BCUT2D eigenvalue weighted by Gasteiger charge is 2.35. The van der Waals surface area contributed by atoms with Crippen LogP contribution in [0.3, 0.4) is 0 Å². The van der Waals surface area contributed by atoms with E-state index in [0.717, 1.165) is 5.56 Å². The smallest absolute Gasteiger partial charge is 0.246 e. The molecule has 4 nitrogen and oxygen atoms in total. The van der Waals surface area contributed by atoms with Crippen LogP contribution in [0.4, 0.5) is 0 Å². The maximum Gasteiger partial charge on any atom is 0.246 e. The zero-order valence-corrected chi connectivity index (χ0v) is 12.4. The van der Waals surface area contributed by atoms with Crippen molar-refractivity contribution < 1.29 is 9.59 Å². The highest BCUT2D eigenvalue weighted by atomic mass is 32.1. The number of rotatable bonds is 4. The van der Waals surface area contributed by atoms with Crippen molar-refractivity contribution in [3.63, 3.8) is 0 Å². The SMILES string of the molecule is CC(C)CC1NC(=O)CN(C(C)c2ccsc2)C1=O. The molecule has 2 rings (SSSR count). The van der Waals surface area contributed by atoms with Gasteiger partial charge in [-0.05, 0) is 41.7 Å². The molecule has 19 heavy (non-hydrogen) atoms. The van der Waals surface area contributed by atoms with Gasteiger partial charge in [0.15, 0.2) is 0 Å². The summed E-state index contributed by atoms with van der Waals surface area (Å²) < 4.78 is 0. The molecule has 1 aromatic rings. The van der Waals surface area contributed by atoms with E-state index in [0.29, 0.717) is 12.3 Å². The molecular weight excluding hydrogens is 260 g/mol. The summed E-state index contributed by atoms with van der Waals surface area (Å²) in [6.45, 7) is 6.25. The number of amides is 2. The predicted molar refractivity (Wildman–Crippen MR) is 75.8 cm³/mol. The lowest BCUT2D eigenvalue weighted by Gasteiger charge is -2.36. The van der Waals surface area contributed by atoms with Gasteiger partial charge in [0, 0.05) is 0 Å². The monoisotopic (exact) mass is 280 g/mol. The molecule has 104 valence electrons. The maximum absolute atomic E-state index is 12.5. The van der Waals surface area contributed by atoms with Crippen molar-refractivity contribution in [2.75, 3.05) is 6.54 Å². The van der Waals surface area contributed by atoms with E-state index < -0.39 is 0 Å². The van der Waals surface area contributed by atoms with Crippen molar-refractivity contribution in [2.24, 2.45) is 5.92 Å². The minimum Gasteiger partial charge on any atom is -0.343 e. The third-order valence-corrected chi connectivity index (χ3v) is 4.13. The average molecular weight is 280 g/mol. The Bertz CT molecular complexity index is 456. The number of piperazine rings is 1. The molecule has 0 radical (unpaired) electrons. The topological polar surface area (TPSA) is 49.4 Å². The molecule has 1 aliphatic heterocycles. The number of nitrogens with one attached hydrogen (secondary N) is 1. The Morgan fingerprint density at radius 3 is 2.74 bits per heavy atom. The maximum atomic E-state index is 12.5. The first-order valence-corrected chi connectivity index (χ1v) is 7.55. The average Bonchev–Trinajstić information content (AvgIpc) is 2.85. The van der Waals surface area contributed by atoms with Crippen molar-refractivity contribution in [3.8, 4) is 0 Å². The van der Waals surface area contributed by atoms with Gasteiger partial charge in [-0.3, -0.25) is 9.59 Å². The van der Waals surface area contributed by atoms with Crippen LogP contribution in [0.2, 0.25) is 0 Å². The Balaban J connectivity index is 2.15. The van der Waals surface area contributed by atoms with E-state index in [1.54, 1.807) is 16.2 Å². The molecule has 1 saturated heterocycles. The first kappa shape index (κ1) is 14.1. The highest BCUT2D eigenvalue weighted by Crippen LogP contribution is 2.25. The molecule has 1 aromatic heterocycles. The summed E-state index contributed by atoms with van der Waals surface area (Å²) in [5.74, 6) is 0.352. The number of carbonyl (C=O) groups excluding carboxylic acids is 2. The largest absolute Gasteiger partial charge is 0.343 e. The van der Waals surface area contributed by atoms with Crippen LogP contribution in [0.1, 0.15) is 38.8 Å². The lowest BCUT2D eigenvalue weighted by atomic mass is 9.99. The summed E-state index contributed by atoms with van der Waals surface area (Å²) in [4.78, 5) is 25.9. The van der Waals surface area contributed by atoms with Gasteiger partial charge in [0.05, 0.1) is 6.04 Å². The summed E-state index contributed by atoms with van der Waals surface area (Å²) >= 11 is 1.61. The molecular formula is C14H20N2O2S. The second-order valence-corrected chi connectivity index (χ2v) is 6.23. The number of nitrogens with zero attached hydrogens (tertiary/aromatic N) is 1. The second-order valence-electron chi connectivity index (χ2n) is 5.45. The zero-order valence-electron chi connectivity index (χ0n) is 11.6. The molecule has 0 spiro atoms. The Kier molecular flexibility index (Phi) is 4.24. The summed E-state index contributed by atoms with van der Waals surface area (Å²) in [5, 5.41) is 6.82. The van der Waals surface area contributed by atoms with Gasteiger partial charge >= 0.3 is 0 Å². The molecule has 0 aliphatic carbocycles. The molecule has 0 aromatic carbocycles. The standard InChI is InChI=1S/C14H20N2O2S/c1-9(2)6-12-14(18)16(7-13(17)15-12)10(3)11-4-5-19-8-11/h4-5,8-10,12H,6-7H2,1-3H3,(H,15,17). The summed E-state index contributed by atoms with van der Waals surface area (Å²) in [6.07, 6.45) is 0.692. The van der Waals surface area contributed by atoms with Gasteiger partial charge in [-0.2, -0.15) is 11.3 Å². The van der Waals surface area contributed by atoms with E-state index in [1.165, 1.54) is 0 Å². The third kappa shape index (κ3) is 3.15. The third-order valence-electron chi connectivity index (χ3n) is 3.43. The van der Waals surface area contributed by atoms with Crippen LogP contribution in [0, 0.1) is 5.92 Å². The number of carbonyl (C=O) groups is 2. The van der Waals surface area contributed by atoms with Gasteiger partial charge in [-0.25, -0.2) is 0 Å². The Hall–Kier alpha value is -1.36. The molecule has 1 N–H and O–H groups in total. The molecule has 2 atom stereocenters. The van der Waals surface area contributed by atoms with Gasteiger partial charge in [0.2, 0.25) is 11.8 Å². The number of thiophene rings is 1. The fraction of sp³-hybridized carbons (Fsp3) is 0.571. The molecule has 2 amide bonds. The molecule has 1 fully saturated rings. The first-order valence-electron chi connectivity index (χ1n) is 6.61. The molecule has 2 heterocycles. The van der Waals surface area contributed by atoms with E-state index >= 15 is 0 Å². The van der Waals surface area contributed by atoms with Crippen molar-refractivity contribution in [1.82, 2.24) is 10.2 Å². The van der Waals surface area contributed by atoms with Crippen LogP contribution >= 0.6 is 11.3 Å². The lowest BCUT2D eigenvalue weighted by Crippen LogP contribution is -2.58. The minimum absolute atomic E-state index is 0.0343. The Morgan fingerprint density at radius 2 is 2.16 bits per heavy atom. The highest BCUT2D eigenvalue weighted by molar-refractivity contribution is 7.07. The number of hydrogen-bond acceptors (Lipinski definition) is 3. The Labute approximate surface area is 117 Å². The van der Waals surface area contributed by atoms with Crippen molar-refractivity contribution in [1.29, 1.82) is 0 Å². The fourth-order valence-corrected chi connectivity index (χ4v) is 3.13. The Morgan fingerprint density at radius 1 is 1.42 bits per heavy atom. The molecule has 2 unspecified atom stereocenters. The molecule has 0 saturated carbocycles.